The Morgan fingerprint density at radius 1 is 1.25 bits per heavy atom. The molecule has 3 saturated heterocycles. The van der Waals surface area contributed by atoms with Crippen LogP contribution < -0.4 is 0 Å². The summed E-state index contributed by atoms with van der Waals surface area (Å²) in [5, 5.41) is 0. The number of aryl methyl sites for hydroxylation is 1. The van der Waals surface area contributed by atoms with E-state index in [2.05, 4.69) is 20.9 Å². The van der Waals surface area contributed by atoms with Gasteiger partial charge < -0.3 is 9.32 Å². The normalized spacial score (nSPS) is 24.1. The Labute approximate surface area is 141 Å². The maximum absolute atomic E-state index is 12.7. The lowest BCUT2D eigenvalue weighted by Gasteiger charge is -2.35. The van der Waals surface area contributed by atoms with Crippen LogP contribution in [0.5, 0.6) is 0 Å². The fourth-order valence-electron chi connectivity index (χ4n) is 3.88. The van der Waals surface area contributed by atoms with Crippen LogP contribution in [-0.4, -0.2) is 51.4 Å². The first-order valence-electron chi connectivity index (χ1n) is 8.53. The van der Waals surface area contributed by atoms with E-state index in [4.69, 9.17) is 4.42 Å². The molecule has 24 heavy (non-hydrogen) atoms. The van der Waals surface area contributed by atoms with Gasteiger partial charge in [0.2, 0.25) is 0 Å². The lowest BCUT2D eigenvalue weighted by molar-refractivity contribution is 0.0727. The number of furan rings is 1. The molecule has 2 aromatic heterocycles. The van der Waals surface area contributed by atoms with Gasteiger partial charge in [-0.15, -0.1) is 0 Å². The molecule has 3 aliphatic heterocycles. The number of piperidine rings is 1. The van der Waals surface area contributed by atoms with Crippen molar-refractivity contribution in [2.45, 2.75) is 32.4 Å². The Morgan fingerprint density at radius 3 is 2.92 bits per heavy atom. The Bertz CT molecular complexity index is 715. The highest BCUT2D eigenvalue weighted by molar-refractivity contribution is 5.92. The fraction of sp³-hybridized carbons (Fsp3) is 0.500. The van der Waals surface area contributed by atoms with Crippen LogP contribution in [0, 0.1) is 12.8 Å². The highest BCUT2D eigenvalue weighted by atomic mass is 16.3. The maximum Gasteiger partial charge on any atom is 0.274 e. The molecule has 0 aliphatic carbocycles. The molecule has 0 saturated carbocycles. The third-order valence-electron chi connectivity index (χ3n) is 5.05. The van der Waals surface area contributed by atoms with E-state index in [1.165, 1.54) is 6.42 Å². The van der Waals surface area contributed by atoms with Crippen LogP contribution in [0.3, 0.4) is 0 Å². The summed E-state index contributed by atoms with van der Waals surface area (Å²) in [6.45, 7) is 5.38. The average molecular weight is 326 g/mol. The molecule has 2 aromatic rings. The van der Waals surface area contributed by atoms with Crippen LogP contribution in [-0.2, 0) is 6.54 Å². The van der Waals surface area contributed by atoms with Crippen LogP contribution in [0.2, 0.25) is 0 Å². The van der Waals surface area contributed by atoms with Crippen LogP contribution in [0.25, 0.3) is 0 Å². The van der Waals surface area contributed by atoms with E-state index in [-0.39, 0.29) is 5.91 Å². The summed E-state index contributed by atoms with van der Waals surface area (Å²) in [5.41, 5.74) is 0.437. The topological polar surface area (TPSA) is 62.5 Å². The zero-order valence-electron chi connectivity index (χ0n) is 13.9. The van der Waals surface area contributed by atoms with E-state index in [1.54, 1.807) is 18.6 Å². The van der Waals surface area contributed by atoms with E-state index in [1.807, 2.05) is 17.9 Å². The van der Waals surface area contributed by atoms with Crippen molar-refractivity contribution in [1.82, 2.24) is 19.8 Å². The Kier molecular flexibility index (Phi) is 4.06. The summed E-state index contributed by atoms with van der Waals surface area (Å²) >= 11 is 0. The van der Waals surface area contributed by atoms with Gasteiger partial charge in [0.05, 0.1) is 12.7 Å². The number of fused-ring (bicyclic) bond motifs is 4. The highest BCUT2D eigenvalue weighted by Crippen LogP contribution is 2.30. The number of aromatic nitrogens is 2. The molecule has 0 radical (unpaired) electrons. The first kappa shape index (κ1) is 15.3. The summed E-state index contributed by atoms with van der Waals surface area (Å²) in [6, 6.07) is 4.45. The van der Waals surface area contributed by atoms with E-state index in [0.29, 0.717) is 17.7 Å². The van der Waals surface area contributed by atoms with E-state index >= 15 is 0 Å². The van der Waals surface area contributed by atoms with Crippen molar-refractivity contribution in [3.8, 4) is 0 Å². The van der Waals surface area contributed by atoms with Crippen LogP contribution in [0.1, 0.15) is 34.9 Å². The molecule has 0 N–H and O–H groups in total. The Balaban J connectivity index is 1.49. The summed E-state index contributed by atoms with van der Waals surface area (Å²) in [7, 11) is 0. The van der Waals surface area contributed by atoms with Gasteiger partial charge in [-0.3, -0.25) is 14.7 Å². The largest absolute Gasteiger partial charge is 0.465 e. The lowest BCUT2D eigenvalue weighted by atomic mass is 9.95. The van der Waals surface area contributed by atoms with Crippen molar-refractivity contribution in [3.63, 3.8) is 0 Å². The number of carbonyl (C=O) groups excluding carboxylic acids is 1. The van der Waals surface area contributed by atoms with Gasteiger partial charge in [-0.1, -0.05) is 0 Å². The number of hydrogen-bond donors (Lipinski definition) is 0. The van der Waals surface area contributed by atoms with Gasteiger partial charge in [0.15, 0.2) is 0 Å². The quantitative estimate of drug-likeness (QED) is 0.864. The third-order valence-corrected chi connectivity index (χ3v) is 5.05. The first-order valence-corrected chi connectivity index (χ1v) is 8.53. The summed E-state index contributed by atoms with van der Waals surface area (Å²) in [4.78, 5) is 25.3. The predicted molar refractivity (Wildman–Crippen MR) is 88.3 cm³/mol. The molecule has 5 heterocycles. The molecular weight excluding hydrogens is 304 g/mol. The minimum atomic E-state index is -0.00399. The number of rotatable bonds is 3. The van der Waals surface area contributed by atoms with Gasteiger partial charge in [0.1, 0.15) is 17.2 Å². The number of carbonyl (C=O) groups is 1. The smallest absolute Gasteiger partial charge is 0.274 e. The van der Waals surface area contributed by atoms with Gasteiger partial charge in [-0.05, 0) is 37.8 Å². The standard InChI is InChI=1S/C18H22N4O2/c1-13-2-5-16(24-13)12-21-9-14-3-4-15(21)11-22(10-14)18(23)17-8-19-6-7-20-17/h2,5-8,14-15H,3-4,9-12H2,1H3/t14-,15-/m1/s1. The zero-order valence-corrected chi connectivity index (χ0v) is 13.9. The van der Waals surface area contributed by atoms with Gasteiger partial charge in [-0.25, -0.2) is 4.98 Å². The molecule has 3 aliphatic rings. The number of amides is 1. The molecule has 6 nitrogen and oxygen atoms in total. The van der Waals surface area contributed by atoms with E-state index < -0.39 is 0 Å². The molecule has 0 spiro atoms. The Morgan fingerprint density at radius 2 is 2.17 bits per heavy atom. The molecule has 0 aromatic carbocycles. The van der Waals surface area contributed by atoms with Gasteiger partial charge in [-0.2, -0.15) is 0 Å². The van der Waals surface area contributed by atoms with Crippen molar-refractivity contribution in [1.29, 1.82) is 0 Å². The number of hydrogen-bond acceptors (Lipinski definition) is 5. The van der Waals surface area contributed by atoms with E-state index in [0.717, 1.165) is 44.1 Å². The SMILES string of the molecule is Cc1ccc(CN2C[C@H]3CC[C@@H]2CN(C(=O)c2cnccn2)C3)o1. The maximum atomic E-state index is 12.7. The predicted octanol–water partition coefficient (Wildman–Crippen LogP) is 2.11. The van der Waals surface area contributed by atoms with Crippen molar-refractivity contribution in [3.05, 3.63) is 47.9 Å². The second-order valence-electron chi connectivity index (χ2n) is 6.84. The molecule has 0 unspecified atom stereocenters. The van der Waals surface area contributed by atoms with Crippen LogP contribution >= 0.6 is 0 Å². The minimum absolute atomic E-state index is 0.00399. The molecule has 1 amide bonds. The monoisotopic (exact) mass is 326 g/mol. The van der Waals surface area contributed by atoms with Crippen LogP contribution in [0.15, 0.2) is 35.1 Å². The highest BCUT2D eigenvalue weighted by Gasteiger charge is 2.37. The minimum Gasteiger partial charge on any atom is -0.465 e. The molecular formula is C18H22N4O2. The van der Waals surface area contributed by atoms with Crippen LogP contribution in [0.4, 0.5) is 0 Å². The van der Waals surface area contributed by atoms with Crippen molar-refractivity contribution >= 4 is 5.91 Å². The van der Waals surface area contributed by atoms with E-state index in [9.17, 15) is 4.79 Å². The second-order valence-corrected chi connectivity index (χ2v) is 6.84. The third kappa shape index (κ3) is 3.06. The molecule has 2 atom stereocenters. The number of nitrogens with zero attached hydrogens (tertiary/aromatic N) is 4. The van der Waals surface area contributed by atoms with Crippen molar-refractivity contribution < 1.29 is 9.21 Å². The molecule has 5 rings (SSSR count). The lowest BCUT2D eigenvalue weighted by Crippen LogP contribution is -2.43. The van der Waals surface area contributed by atoms with Crippen molar-refractivity contribution in [2.75, 3.05) is 19.6 Å². The average Bonchev–Trinajstić information content (AvgIpc) is 2.82. The fourth-order valence-corrected chi connectivity index (χ4v) is 3.88. The summed E-state index contributed by atoms with van der Waals surface area (Å²) < 4.78 is 5.74. The molecule has 6 heteroatoms. The molecule has 3 fully saturated rings. The zero-order chi connectivity index (χ0) is 16.5. The first-order chi connectivity index (χ1) is 11.7. The molecule has 126 valence electrons. The van der Waals surface area contributed by atoms with Gasteiger partial charge >= 0.3 is 0 Å². The Hall–Kier alpha value is -2.21. The van der Waals surface area contributed by atoms with Gasteiger partial charge in [0.25, 0.3) is 5.91 Å². The van der Waals surface area contributed by atoms with Crippen molar-refractivity contribution in [2.24, 2.45) is 5.92 Å². The molecule has 2 bridgehead atoms. The second kappa shape index (κ2) is 6.36. The van der Waals surface area contributed by atoms with Gasteiger partial charge in [0, 0.05) is 38.1 Å². The summed E-state index contributed by atoms with van der Waals surface area (Å²) in [5.74, 6) is 2.47. The summed E-state index contributed by atoms with van der Waals surface area (Å²) in [6.07, 6.45) is 7.04.